The van der Waals surface area contributed by atoms with E-state index in [-0.39, 0.29) is 0 Å². The molecule has 4 nitrogen and oxygen atoms in total. The van der Waals surface area contributed by atoms with Gasteiger partial charge < -0.3 is 4.74 Å². The fourth-order valence-electron chi connectivity index (χ4n) is 2.33. The number of nitrogens with one attached hydrogen (secondary N) is 1. The van der Waals surface area contributed by atoms with Crippen molar-refractivity contribution >= 4 is 22.7 Å². The Morgan fingerprint density at radius 3 is 2.64 bits per heavy atom. The molecule has 0 spiro atoms. The molecule has 0 radical (unpaired) electrons. The molecule has 0 saturated carbocycles. The molecule has 3 rings (SSSR count). The van der Waals surface area contributed by atoms with Gasteiger partial charge >= 0.3 is 0 Å². The Morgan fingerprint density at radius 1 is 1.12 bits per heavy atom. The third kappa shape index (κ3) is 5.72. The first-order valence-corrected chi connectivity index (χ1v) is 9.15. The van der Waals surface area contributed by atoms with E-state index in [2.05, 4.69) is 39.8 Å². The molecule has 2 aromatic carbocycles. The first-order valence-electron chi connectivity index (χ1n) is 8.27. The Hall–Kier alpha value is -2.66. The molecule has 0 fully saturated rings. The summed E-state index contributed by atoms with van der Waals surface area (Å²) in [7, 11) is 0. The highest BCUT2D eigenvalue weighted by Crippen LogP contribution is 2.15. The highest BCUT2D eigenvalue weighted by molar-refractivity contribution is 7.13. The second-order valence-corrected chi connectivity index (χ2v) is 6.53. The van der Waals surface area contributed by atoms with Gasteiger partial charge in [0.25, 0.3) is 0 Å². The van der Waals surface area contributed by atoms with E-state index in [1.807, 2.05) is 42.6 Å². The normalized spacial score (nSPS) is 10.9. The average Bonchev–Trinajstić information content (AvgIpc) is 3.06. The fraction of sp³-hybridized carbons (Fsp3) is 0.200. The van der Waals surface area contributed by atoms with E-state index in [1.54, 1.807) is 17.6 Å². The van der Waals surface area contributed by atoms with E-state index < -0.39 is 0 Å². The molecule has 0 unspecified atom stereocenters. The van der Waals surface area contributed by atoms with Crippen molar-refractivity contribution in [2.75, 3.05) is 12.0 Å². The van der Waals surface area contributed by atoms with Gasteiger partial charge in [-0.2, -0.15) is 5.10 Å². The van der Waals surface area contributed by atoms with E-state index in [4.69, 9.17) is 4.74 Å². The van der Waals surface area contributed by atoms with Crippen molar-refractivity contribution in [1.29, 1.82) is 0 Å². The number of thiazole rings is 1. The van der Waals surface area contributed by atoms with Crippen LogP contribution >= 0.6 is 11.3 Å². The minimum atomic E-state index is 0.716. The van der Waals surface area contributed by atoms with Gasteiger partial charge in [-0.25, -0.2) is 4.98 Å². The molecule has 25 heavy (non-hydrogen) atoms. The monoisotopic (exact) mass is 351 g/mol. The zero-order chi connectivity index (χ0) is 17.3. The van der Waals surface area contributed by atoms with Crippen molar-refractivity contribution in [3.63, 3.8) is 0 Å². The van der Waals surface area contributed by atoms with Crippen LogP contribution in [0, 0.1) is 6.92 Å². The Balaban J connectivity index is 1.41. The van der Waals surface area contributed by atoms with Gasteiger partial charge in [0.2, 0.25) is 5.13 Å². The van der Waals surface area contributed by atoms with Gasteiger partial charge in [-0.1, -0.05) is 30.3 Å². The molecule has 0 aliphatic rings. The lowest BCUT2D eigenvalue weighted by Crippen LogP contribution is -1.99. The number of hydrazone groups is 1. The summed E-state index contributed by atoms with van der Waals surface area (Å²) in [4.78, 5) is 4.29. The molecule has 0 aliphatic heterocycles. The number of benzene rings is 2. The summed E-state index contributed by atoms with van der Waals surface area (Å²) < 4.78 is 5.79. The van der Waals surface area contributed by atoms with Crippen molar-refractivity contribution in [3.8, 4) is 5.75 Å². The van der Waals surface area contributed by atoms with Crippen LogP contribution in [-0.2, 0) is 6.42 Å². The minimum absolute atomic E-state index is 0.716. The van der Waals surface area contributed by atoms with Crippen LogP contribution in [0.3, 0.4) is 0 Å². The van der Waals surface area contributed by atoms with Gasteiger partial charge in [-0.15, -0.1) is 11.3 Å². The lowest BCUT2D eigenvalue weighted by Gasteiger charge is -2.06. The number of ether oxygens (including phenoxy) is 1. The maximum Gasteiger partial charge on any atom is 0.203 e. The molecule has 128 valence electrons. The highest BCUT2D eigenvalue weighted by Gasteiger charge is 1.97. The summed E-state index contributed by atoms with van der Waals surface area (Å²) in [6.45, 7) is 2.68. The third-order valence-electron chi connectivity index (χ3n) is 3.59. The van der Waals surface area contributed by atoms with Crippen LogP contribution in [0.25, 0.3) is 0 Å². The fourth-order valence-corrected chi connectivity index (χ4v) is 2.97. The lowest BCUT2D eigenvalue weighted by atomic mass is 10.1. The van der Waals surface area contributed by atoms with E-state index in [9.17, 15) is 0 Å². The van der Waals surface area contributed by atoms with Crippen LogP contribution in [-0.4, -0.2) is 17.8 Å². The average molecular weight is 351 g/mol. The quantitative estimate of drug-likeness (QED) is 0.356. The molecule has 0 atom stereocenters. The number of nitrogens with zero attached hydrogens (tertiary/aromatic N) is 2. The zero-order valence-electron chi connectivity index (χ0n) is 14.2. The van der Waals surface area contributed by atoms with Crippen molar-refractivity contribution in [3.05, 3.63) is 76.8 Å². The predicted molar refractivity (Wildman–Crippen MR) is 105 cm³/mol. The molecule has 0 bridgehead atoms. The molecule has 0 aliphatic carbocycles. The second-order valence-electron chi connectivity index (χ2n) is 5.67. The largest absolute Gasteiger partial charge is 0.494 e. The molecule has 3 aromatic rings. The number of hydrogen-bond donors (Lipinski definition) is 1. The molecule has 0 saturated heterocycles. The van der Waals surface area contributed by atoms with Gasteiger partial charge in [0, 0.05) is 5.38 Å². The van der Waals surface area contributed by atoms with Crippen molar-refractivity contribution in [1.82, 2.24) is 4.98 Å². The standard InChI is InChI=1S/C20H21N3OS/c1-16-15-25-20(22-16)23-21-14-18-9-11-19(12-10-18)24-13-5-8-17-6-3-2-4-7-17/h2-4,6-7,9-12,14-15H,5,8,13H2,1H3,(H,22,23)/b21-14-. The smallest absolute Gasteiger partial charge is 0.203 e. The first kappa shape index (κ1) is 17.2. The van der Waals surface area contributed by atoms with Crippen LogP contribution < -0.4 is 10.2 Å². The number of aromatic nitrogens is 1. The van der Waals surface area contributed by atoms with Crippen LogP contribution in [0.5, 0.6) is 5.75 Å². The van der Waals surface area contributed by atoms with Gasteiger partial charge in [0.1, 0.15) is 5.75 Å². The Labute approximate surface area is 152 Å². The van der Waals surface area contributed by atoms with Gasteiger partial charge in [0.15, 0.2) is 0 Å². The third-order valence-corrected chi connectivity index (χ3v) is 4.46. The highest BCUT2D eigenvalue weighted by atomic mass is 32.1. The number of hydrogen-bond acceptors (Lipinski definition) is 5. The van der Waals surface area contributed by atoms with Crippen LogP contribution in [0.1, 0.15) is 23.2 Å². The Morgan fingerprint density at radius 2 is 1.92 bits per heavy atom. The summed E-state index contributed by atoms with van der Waals surface area (Å²) >= 11 is 1.54. The van der Waals surface area contributed by atoms with E-state index in [0.717, 1.165) is 35.0 Å². The van der Waals surface area contributed by atoms with Crippen LogP contribution in [0.2, 0.25) is 0 Å². The summed E-state index contributed by atoms with van der Waals surface area (Å²) in [5.74, 6) is 0.883. The maximum atomic E-state index is 5.79. The molecule has 1 N–H and O–H groups in total. The summed E-state index contributed by atoms with van der Waals surface area (Å²) in [6.07, 6.45) is 3.81. The van der Waals surface area contributed by atoms with Crippen LogP contribution in [0.15, 0.2) is 65.1 Å². The Bertz CT molecular complexity index is 797. The van der Waals surface area contributed by atoms with E-state index >= 15 is 0 Å². The van der Waals surface area contributed by atoms with E-state index in [0.29, 0.717) is 6.61 Å². The molecule has 1 aromatic heterocycles. The van der Waals surface area contributed by atoms with Crippen molar-refractivity contribution in [2.24, 2.45) is 5.10 Å². The van der Waals surface area contributed by atoms with Gasteiger partial charge in [-0.3, -0.25) is 5.43 Å². The summed E-state index contributed by atoms with van der Waals surface area (Å²) in [5, 5.41) is 6.98. The molecular formula is C20H21N3OS. The molecule has 5 heteroatoms. The first-order chi connectivity index (χ1) is 12.3. The van der Waals surface area contributed by atoms with Gasteiger partial charge in [-0.05, 0) is 55.2 Å². The Kier molecular flexibility index (Phi) is 6.17. The zero-order valence-corrected chi connectivity index (χ0v) is 15.0. The van der Waals surface area contributed by atoms with Crippen molar-refractivity contribution in [2.45, 2.75) is 19.8 Å². The van der Waals surface area contributed by atoms with Crippen LogP contribution in [0.4, 0.5) is 5.13 Å². The van der Waals surface area contributed by atoms with E-state index in [1.165, 1.54) is 5.56 Å². The SMILES string of the molecule is Cc1csc(N/N=C\c2ccc(OCCCc3ccccc3)cc2)n1. The molecule has 1 heterocycles. The lowest BCUT2D eigenvalue weighted by molar-refractivity contribution is 0.311. The molecule has 0 amide bonds. The topological polar surface area (TPSA) is 46.5 Å². The number of aryl methyl sites for hydroxylation is 2. The number of rotatable bonds is 8. The summed E-state index contributed by atoms with van der Waals surface area (Å²) in [6, 6.07) is 18.4. The maximum absolute atomic E-state index is 5.79. The predicted octanol–water partition coefficient (Wildman–Crippen LogP) is 4.91. The number of anilines is 1. The minimum Gasteiger partial charge on any atom is -0.494 e. The molecular weight excluding hydrogens is 330 g/mol. The summed E-state index contributed by atoms with van der Waals surface area (Å²) in [5.41, 5.74) is 6.29. The van der Waals surface area contributed by atoms with Gasteiger partial charge in [0.05, 0.1) is 18.5 Å². The second kappa shape index (κ2) is 8.99. The van der Waals surface area contributed by atoms with Crippen molar-refractivity contribution < 1.29 is 4.74 Å².